The second-order valence-electron chi connectivity index (χ2n) is 3.21. The minimum absolute atomic E-state index is 0.772. The Labute approximate surface area is 104 Å². The Bertz CT molecular complexity index is 140. The van der Waals surface area contributed by atoms with E-state index in [0.29, 0.717) is 0 Å². The van der Waals surface area contributed by atoms with Gasteiger partial charge in [-0.2, -0.15) is 23.5 Å². The van der Waals surface area contributed by atoms with Crippen molar-refractivity contribution in [3.8, 4) is 0 Å². The summed E-state index contributed by atoms with van der Waals surface area (Å²) in [7, 11) is 3.02. The average Bonchev–Trinajstić information content (AvgIpc) is 2.92. The van der Waals surface area contributed by atoms with Gasteiger partial charge in [0.2, 0.25) is 4.58 Å². The zero-order valence-corrected chi connectivity index (χ0v) is 12.4. The van der Waals surface area contributed by atoms with Crippen LogP contribution in [0.4, 0.5) is 0 Å². The van der Waals surface area contributed by atoms with Crippen molar-refractivity contribution >= 4 is 44.2 Å². The number of rotatable bonds is 9. The van der Waals surface area contributed by atoms with Crippen LogP contribution in [0.5, 0.6) is 0 Å². The van der Waals surface area contributed by atoms with E-state index >= 15 is 0 Å². The van der Waals surface area contributed by atoms with Gasteiger partial charge in [-0.05, 0) is 23.7 Å². The first kappa shape index (κ1) is 13.5. The van der Waals surface area contributed by atoms with E-state index < -0.39 is 0 Å². The second-order valence-corrected chi connectivity index (χ2v) is 10.5. The molecule has 0 radical (unpaired) electrons. The van der Waals surface area contributed by atoms with E-state index in [1.807, 2.05) is 0 Å². The highest BCUT2D eigenvalue weighted by Crippen LogP contribution is 2.49. The van der Waals surface area contributed by atoms with E-state index in [-0.39, 0.29) is 0 Å². The van der Waals surface area contributed by atoms with Gasteiger partial charge in [0, 0.05) is 12.2 Å². The molecule has 0 aromatic carbocycles. The molecule has 0 bridgehead atoms. The third-order valence-electron chi connectivity index (χ3n) is 1.97. The highest BCUT2D eigenvalue weighted by atomic mass is 33.2. The van der Waals surface area contributed by atoms with Crippen LogP contribution in [0.1, 0.15) is 26.7 Å². The van der Waals surface area contributed by atoms with Gasteiger partial charge in [0.15, 0.2) is 10.8 Å². The maximum absolute atomic E-state index is 2.27. The van der Waals surface area contributed by atoms with E-state index in [9.17, 15) is 0 Å². The van der Waals surface area contributed by atoms with Crippen molar-refractivity contribution in [2.24, 2.45) is 0 Å². The zero-order valence-electron chi connectivity index (χ0n) is 9.16. The zero-order chi connectivity index (χ0) is 10.2. The summed E-state index contributed by atoms with van der Waals surface area (Å²) in [5, 5.41) is 0. The lowest BCUT2D eigenvalue weighted by atomic mass is 10.6. The van der Waals surface area contributed by atoms with E-state index in [1.54, 1.807) is 0 Å². The molecule has 1 aliphatic heterocycles. The van der Waals surface area contributed by atoms with Gasteiger partial charge in [0.05, 0.1) is 9.93 Å². The van der Waals surface area contributed by atoms with Crippen molar-refractivity contribution in [1.82, 2.24) is 0 Å². The third-order valence-corrected chi connectivity index (χ3v) is 9.11. The van der Waals surface area contributed by atoms with Gasteiger partial charge in [0.1, 0.15) is 5.75 Å². The number of hydrogen-bond donors (Lipinski definition) is 0. The largest absolute Gasteiger partial charge is 0.223 e. The minimum atomic E-state index is 0.772. The summed E-state index contributed by atoms with van der Waals surface area (Å²) in [6, 6.07) is 0. The van der Waals surface area contributed by atoms with Gasteiger partial charge in [-0.1, -0.05) is 13.8 Å². The quantitative estimate of drug-likeness (QED) is 0.270. The van der Waals surface area contributed by atoms with Gasteiger partial charge >= 0.3 is 0 Å². The van der Waals surface area contributed by atoms with Crippen LogP contribution in [0.25, 0.3) is 0 Å². The maximum atomic E-state index is 2.27. The van der Waals surface area contributed by atoms with Crippen LogP contribution in [-0.2, 0) is 9.93 Å². The van der Waals surface area contributed by atoms with E-state index in [4.69, 9.17) is 0 Å². The second kappa shape index (κ2) is 8.54. The van der Waals surface area contributed by atoms with Gasteiger partial charge in [-0.15, -0.1) is 0 Å². The first-order valence-electron chi connectivity index (χ1n) is 5.40. The Balaban J connectivity index is 1.82. The first-order chi connectivity index (χ1) is 6.88. The van der Waals surface area contributed by atoms with Crippen molar-refractivity contribution in [3.63, 3.8) is 0 Å². The Morgan fingerprint density at radius 1 is 1.14 bits per heavy atom. The maximum Gasteiger partial charge on any atom is 0.223 e. The molecule has 84 valence electrons. The predicted molar refractivity (Wildman–Crippen MR) is 78.8 cm³/mol. The molecule has 0 aliphatic carbocycles. The highest BCUT2D eigenvalue weighted by Gasteiger charge is 2.52. The Hall–Kier alpha value is 1.40. The summed E-state index contributed by atoms with van der Waals surface area (Å²) in [5.41, 5.74) is 0. The fourth-order valence-corrected chi connectivity index (χ4v) is 7.94. The molecule has 2 atom stereocenters. The van der Waals surface area contributed by atoms with E-state index in [1.165, 1.54) is 41.6 Å². The fraction of sp³-hybridized carbons (Fsp3) is 1.00. The molecule has 1 rings (SSSR count). The molecule has 1 aliphatic rings. The van der Waals surface area contributed by atoms with Crippen molar-refractivity contribution < 1.29 is 0 Å². The third kappa shape index (κ3) is 6.09. The van der Waals surface area contributed by atoms with E-state index in [2.05, 4.69) is 48.2 Å². The highest BCUT2D eigenvalue weighted by molar-refractivity contribution is 8.90. The molecule has 0 aromatic heterocycles. The van der Waals surface area contributed by atoms with Crippen molar-refractivity contribution in [1.29, 1.82) is 0 Å². The molecule has 0 spiro atoms. The molecule has 0 nitrogen and oxygen atoms in total. The summed E-state index contributed by atoms with van der Waals surface area (Å²) in [6.07, 6.45) is 2.80. The fourth-order valence-electron chi connectivity index (χ4n) is 1.19. The molecule has 14 heavy (non-hydrogen) atoms. The molecule has 0 saturated carbocycles. The molecular formula is C10H21S4+. The van der Waals surface area contributed by atoms with Gasteiger partial charge < -0.3 is 0 Å². The summed E-state index contributed by atoms with van der Waals surface area (Å²) in [5.74, 6) is 6.92. The minimum Gasteiger partial charge on any atom is -0.162 e. The van der Waals surface area contributed by atoms with Crippen molar-refractivity contribution in [2.45, 2.75) is 31.3 Å². The molecule has 4 heteroatoms. The van der Waals surface area contributed by atoms with Crippen LogP contribution in [0.2, 0.25) is 0 Å². The Kier molecular flexibility index (Phi) is 8.21. The molecule has 0 amide bonds. The molecule has 0 N–H and O–H groups in total. The summed E-state index contributed by atoms with van der Waals surface area (Å²) < 4.78 is 1.05. The molecule has 1 heterocycles. The number of hydrogen-bond acceptors (Lipinski definition) is 3. The topological polar surface area (TPSA) is 0 Å². The van der Waals surface area contributed by atoms with Crippen LogP contribution < -0.4 is 0 Å². The molecule has 0 aromatic rings. The van der Waals surface area contributed by atoms with Crippen molar-refractivity contribution in [3.05, 3.63) is 0 Å². The number of thioether (sulfide) groups is 2. The summed E-state index contributed by atoms with van der Waals surface area (Å²) in [6.45, 7) is 4.53. The van der Waals surface area contributed by atoms with E-state index in [0.717, 1.165) is 14.5 Å². The van der Waals surface area contributed by atoms with Crippen LogP contribution in [0, 0.1) is 0 Å². The molecular weight excluding hydrogens is 248 g/mol. The summed E-state index contributed by atoms with van der Waals surface area (Å²) >= 11 is 4.24. The standard InChI is InChI=1S/C10H21S4/c1-3-6-12-7-5-10-13-14(10)9-8-11-4-2/h10H,3-9H2,1-2H3/q+1. The molecule has 2 unspecified atom stereocenters. The monoisotopic (exact) mass is 269 g/mol. The van der Waals surface area contributed by atoms with Crippen LogP contribution >= 0.6 is 34.3 Å². The SMILES string of the molecule is CCCSCCC1S[S+]1CCSCC. The predicted octanol–water partition coefficient (Wildman–Crippen LogP) is 3.88. The molecule has 1 saturated heterocycles. The Morgan fingerprint density at radius 3 is 2.71 bits per heavy atom. The summed E-state index contributed by atoms with van der Waals surface area (Å²) in [4.78, 5) is 0. The Morgan fingerprint density at radius 2 is 2.00 bits per heavy atom. The van der Waals surface area contributed by atoms with Crippen LogP contribution in [0.3, 0.4) is 0 Å². The van der Waals surface area contributed by atoms with Crippen LogP contribution in [-0.4, -0.2) is 33.3 Å². The average molecular weight is 270 g/mol. The first-order valence-corrected chi connectivity index (χ1v) is 10.6. The van der Waals surface area contributed by atoms with Crippen molar-refractivity contribution in [2.75, 3.05) is 28.8 Å². The van der Waals surface area contributed by atoms with Gasteiger partial charge in [0.25, 0.3) is 0 Å². The smallest absolute Gasteiger partial charge is 0.162 e. The van der Waals surface area contributed by atoms with Crippen LogP contribution in [0.15, 0.2) is 0 Å². The van der Waals surface area contributed by atoms with Gasteiger partial charge in [-0.25, -0.2) is 0 Å². The lowest BCUT2D eigenvalue weighted by Crippen LogP contribution is -1.99. The lowest BCUT2D eigenvalue weighted by Gasteiger charge is -1.94. The normalized spacial score (nSPS) is 25.3. The lowest BCUT2D eigenvalue weighted by molar-refractivity contribution is 1.07. The van der Waals surface area contributed by atoms with Gasteiger partial charge in [-0.3, -0.25) is 0 Å². The molecule has 1 fully saturated rings.